The van der Waals surface area contributed by atoms with E-state index < -0.39 is 0 Å². The molecule has 0 fully saturated rings. The van der Waals surface area contributed by atoms with Crippen molar-refractivity contribution in [2.45, 2.75) is 24.7 Å². The number of rotatable bonds is 4. The molecule has 6 nitrogen and oxygen atoms in total. The van der Waals surface area contributed by atoms with E-state index in [1.807, 2.05) is 24.3 Å². The molecular formula is C20H19N3O3S. The van der Waals surface area contributed by atoms with Gasteiger partial charge in [0.05, 0.1) is 18.0 Å². The average Bonchev–Trinajstić information content (AvgIpc) is 2.72. The van der Waals surface area contributed by atoms with E-state index in [-0.39, 0.29) is 11.5 Å². The normalized spacial score (nSPS) is 13.2. The highest BCUT2D eigenvalue weighted by atomic mass is 32.2. The molecule has 7 heteroatoms. The summed E-state index contributed by atoms with van der Waals surface area (Å²) in [7, 11) is 1.62. The summed E-state index contributed by atoms with van der Waals surface area (Å²) in [6.45, 7) is 1.12. The lowest BCUT2D eigenvalue weighted by atomic mass is 10.1. The molecule has 2 aromatic carbocycles. The van der Waals surface area contributed by atoms with Crippen LogP contribution in [0.1, 0.15) is 22.3 Å². The Kier molecular flexibility index (Phi) is 4.85. The maximum absolute atomic E-state index is 12.6. The summed E-state index contributed by atoms with van der Waals surface area (Å²) in [5, 5.41) is 4.18. The van der Waals surface area contributed by atoms with Crippen molar-refractivity contribution in [1.29, 1.82) is 0 Å². The lowest BCUT2D eigenvalue weighted by molar-refractivity contribution is 0.0951. The number of hydrogen-bond acceptors (Lipinski definition) is 5. The van der Waals surface area contributed by atoms with Crippen molar-refractivity contribution in [3.05, 3.63) is 63.9 Å². The maximum atomic E-state index is 12.6. The number of thioether (sulfide) groups is 1. The van der Waals surface area contributed by atoms with Crippen LogP contribution >= 0.6 is 11.8 Å². The summed E-state index contributed by atoms with van der Waals surface area (Å²) in [4.78, 5) is 29.7. The Labute approximate surface area is 160 Å². The molecule has 2 heterocycles. The standard InChI is InChI=1S/C20H19N3O3S/c1-26-15-6-3-13(4-7-15)12-21-18(24)14-5-8-16-17(11-14)22-20-23(19(16)25)9-2-10-27-20/h3-8,11H,2,9-10,12H2,1H3,(H,21,24). The highest BCUT2D eigenvalue weighted by Crippen LogP contribution is 2.23. The molecule has 4 rings (SSSR count). The molecule has 0 aliphatic carbocycles. The minimum atomic E-state index is -0.194. The third kappa shape index (κ3) is 3.55. The Balaban J connectivity index is 1.55. The Bertz CT molecular complexity index is 1060. The molecule has 0 spiro atoms. The van der Waals surface area contributed by atoms with Crippen LogP contribution in [0.5, 0.6) is 5.75 Å². The van der Waals surface area contributed by atoms with Crippen molar-refractivity contribution in [3.8, 4) is 5.75 Å². The number of nitrogens with zero attached hydrogens (tertiary/aromatic N) is 2. The summed E-state index contributed by atoms with van der Waals surface area (Å²) in [6.07, 6.45) is 0.969. The van der Waals surface area contributed by atoms with Gasteiger partial charge < -0.3 is 10.1 Å². The molecule has 0 atom stereocenters. The van der Waals surface area contributed by atoms with E-state index in [0.29, 0.717) is 29.6 Å². The summed E-state index contributed by atoms with van der Waals surface area (Å²) >= 11 is 1.58. The third-order valence-corrected chi connectivity index (χ3v) is 5.61. The second-order valence-electron chi connectivity index (χ2n) is 6.32. The van der Waals surface area contributed by atoms with Crippen LogP contribution in [0, 0.1) is 0 Å². The van der Waals surface area contributed by atoms with Gasteiger partial charge in [-0.1, -0.05) is 23.9 Å². The molecule has 0 radical (unpaired) electrons. The first-order valence-electron chi connectivity index (χ1n) is 8.74. The van der Waals surface area contributed by atoms with E-state index in [4.69, 9.17) is 4.74 Å². The van der Waals surface area contributed by atoms with Gasteiger partial charge in [0, 0.05) is 24.4 Å². The number of ether oxygens (including phenoxy) is 1. The van der Waals surface area contributed by atoms with Crippen LogP contribution in [0.3, 0.4) is 0 Å². The van der Waals surface area contributed by atoms with Crippen molar-refractivity contribution in [1.82, 2.24) is 14.9 Å². The summed E-state index contributed by atoms with van der Waals surface area (Å²) in [5.74, 6) is 1.54. The Morgan fingerprint density at radius 2 is 2.07 bits per heavy atom. The number of carbonyl (C=O) groups excluding carboxylic acids is 1. The molecule has 1 aliphatic rings. The van der Waals surface area contributed by atoms with Crippen LogP contribution < -0.4 is 15.6 Å². The number of hydrogen-bond donors (Lipinski definition) is 1. The van der Waals surface area contributed by atoms with E-state index in [0.717, 1.165) is 28.6 Å². The van der Waals surface area contributed by atoms with Crippen LogP contribution in [-0.4, -0.2) is 28.3 Å². The Hall–Kier alpha value is -2.80. The number of amides is 1. The number of aromatic nitrogens is 2. The van der Waals surface area contributed by atoms with Gasteiger partial charge in [0.15, 0.2) is 5.16 Å². The topological polar surface area (TPSA) is 73.2 Å². The number of fused-ring (bicyclic) bond motifs is 2. The van der Waals surface area contributed by atoms with Crippen LogP contribution in [-0.2, 0) is 13.1 Å². The molecule has 0 saturated heterocycles. The zero-order valence-corrected chi connectivity index (χ0v) is 15.7. The lowest BCUT2D eigenvalue weighted by Gasteiger charge is -2.17. The predicted molar refractivity (Wildman–Crippen MR) is 106 cm³/mol. The summed E-state index contributed by atoms with van der Waals surface area (Å²) in [5.41, 5.74) is 2.01. The van der Waals surface area contributed by atoms with Crippen molar-refractivity contribution in [3.63, 3.8) is 0 Å². The smallest absolute Gasteiger partial charge is 0.262 e. The average molecular weight is 381 g/mol. The molecular weight excluding hydrogens is 362 g/mol. The Morgan fingerprint density at radius 1 is 1.26 bits per heavy atom. The van der Waals surface area contributed by atoms with Gasteiger partial charge in [0.25, 0.3) is 11.5 Å². The van der Waals surface area contributed by atoms with Crippen LogP contribution in [0.25, 0.3) is 10.9 Å². The lowest BCUT2D eigenvalue weighted by Crippen LogP contribution is -2.27. The fourth-order valence-electron chi connectivity index (χ4n) is 3.06. The van der Waals surface area contributed by atoms with Gasteiger partial charge in [-0.2, -0.15) is 0 Å². The van der Waals surface area contributed by atoms with E-state index in [1.54, 1.807) is 41.6 Å². The van der Waals surface area contributed by atoms with Gasteiger partial charge in [-0.3, -0.25) is 14.2 Å². The zero-order chi connectivity index (χ0) is 18.8. The van der Waals surface area contributed by atoms with Gasteiger partial charge >= 0.3 is 0 Å². The molecule has 1 N–H and O–H groups in total. The highest BCUT2D eigenvalue weighted by molar-refractivity contribution is 7.99. The molecule has 27 heavy (non-hydrogen) atoms. The van der Waals surface area contributed by atoms with E-state index in [2.05, 4.69) is 10.3 Å². The zero-order valence-electron chi connectivity index (χ0n) is 14.9. The van der Waals surface area contributed by atoms with Gasteiger partial charge in [0.2, 0.25) is 0 Å². The van der Waals surface area contributed by atoms with Gasteiger partial charge in [-0.15, -0.1) is 0 Å². The summed E-state index contributed by atoms with van der Waals surface area (Å²) in [6, 6.07) is 12.6. The number of benzene rings is 2. The number of methoxy groups -OCH3 is 1. The number of carbonyl (C=O) groups is 1. The van der Waals surface area contributed by atoms with Gasteiger partial charge in [-0.25, -0.2) is 4.98 Å². The van der Waals surface area contributed by atoms with Crippen LogP contribution in [0.2, 0.25) is 0 Å². The molecule has 3 aromatic rings. The van der Waals surface area contributed by atoms with Crippen molar-refractivity contribution in [2.24, 2.45) is 0 Å². The van der Waals surface area contributed by atoms with E-state index in [1.165, 1.54) is 0 Å². The SMILES string of the molecule is COc1ccc(CNC(=O)c2ccc3c(=O)n4c(nc3c2)SCCC4)cc1. The number of nitrogens with one attached hydrogen (secondary N) is 1. The fourth-order valence-corrected chi connectivity index (χ4v) is 4.01. The van der Waals surface area contributed by atoms with Crippen molar-refractivity contribution in [2.75, 3.05) is 12.9 Å². The first-order valence-corrected chi connectivity index (χ1v) is 9.73. The fraction of sp³-hybridized carbons (Fsp3) is 0.250. The third-order valence-electron chi connectivity index (χ3n) is 4.55. The minimum absolute atomic E-state index is 0.0348. The maximum Gasteiger partial charge on any atom is 0.262 e. The quantitative estimate of drug-likeness (QED) is 0.704. The van der Waals surface area contributed by atoms with Crippen molar-refractivity contribution < 1.29 is 9.53 Å². The highest BCUT2D eigenvalue weighted by Gasteiger charge is 2.16. The van der Waals surface area contributed by atoms with Crippen LogP contribution in [0.4, 0.5) is 0 Å². The molecule has 138 valence electrons. The second kappa shape index (κ2) is 7.44. The first kappa shape index (κ1) is 17.6. The monoisotopic (exact) mass is 381 g/mol. The molecule has 1 aromatic heterocycles. The minimum Gasteiger partial charge on any atom is -0.497 e. The van der Waals surface area contributed by atoms with Gasteiger partial charge in [0.1, 0.15) is 5.75 Å². The van der Waals surface area contributed by atoms with Gasteiger partial charge in [-0.05, 0) is 42.3 Å². The molecule has 1 aliphatic heterocycles. The Morgan fingerprint density at radius 3 is 2.85 bits per heavy atom. The molecule has 0 unspecified atom stereocenters. The summed E-state index contributed by atoms with van der Waals surface area (Å²) < 4.78 is 6.85. The molecule has 0 saturated carbocycles. The second-order valence-corrected chi connectivity index (χ2v) is 7.38. The van der Waals surface area contributed by atoms with E-state index >= 15 is 0 Å². The van der Waals surface area contributed by atoms with Crippen molar-refractivity contribution >= 4 is 28.6 Å². The van der Waals surface area contributed by atoms with E-state index in [9.17, 15) is 9.59 Å². The first-order chi connectivity index (χ1) is 13.2. The largest absolute Gasteiger partial charge is 0.497 e. The molecule has 1 amide bonds. The molecule has 0 bridgehead atoms. The predicted octanol–water partition coefficient (Wildman–Crippen LogP) is 2.83. The van der Waals surface area contributed by atoms with Crippen LogP contribution in [0.15, 0.2) is 52.4 Å².